The molecule has 0 unspecified atom stereocenters. The molecule has 1 heterocycles. The molecule has 16 heavy (non-hydrogen) atoms. The summed E-state index contributed by atoms with van der Waals surface area (Å²) in [6, 6.07) is 7.19. The molecule has 5 nitrogen and oxygen atoms in total. The molecule has 5 heteroatoms. The number of aryl methyl sites for hydroxylation is 1. The van der Waals surface area contributed by atoms with E-state index in [4.69, 9.17) is 5.26 Å². The normalized spacial score (nSPS) is 10.0. The number of hydrogen-bond acceptors (Lipinski definition) is 3. The summed E-state index contributed by atoms with van der Waals surface area (Å²) >= 11 is 0. The molecule has 80 valence electrons. The summed E-state index contributed by atoms with van der Waals surface area (Å²) in [6.45, 7) is 1.83. The topological polar surface area (TPSA) is 81.6 Å². The van der Waals surface area contributed by atoms with Crippen molar-refractivity contribution in [1.82, 2.24) is 15.3 Å². The molecule has 0 aliphatic carbocycles. The lowest BCUT2D eigenvalue weighted by atomic mass is 10.1. The second kappa shape index (κ2) is 4.03. The van der Waals surface area contributed by atoms with Crippen molar-refractivity contribution in [1.29, 1.82) is 5.26 Å². The molecule has 2 aromatic rings. The smallest absolute Gasteiger partial charge is 0.254 e. The first-order valence-electron chi connectivity index (χ1n) is 4.83. The van der Waals surface area contributed by atoms with Crippen LogP contribution in [0, 0.1) is 18.3 Å². The molecular formula is C11H10N4O. The van der Waals surface area contributed by atoms with E-state index in [1.54, 1.807) is 12.1 Å². The van der Waals surface area contributed by atoms with Gasteiger partial charge in [0.15, 0.2) is 0 Å². The lowest BCUT2D eigenvalue weighted by Gasteiger charge is -2.01. The molecule has 0 fully saturated rings. The van der Waals surface area contributed by atoms with Gasteiger partial charge in [0.1, 0.15) is 17.9 Å². The van der Waals surface area contributed by atoms with Crippen LogP contribution >= 0.6 is 0 Å². The number of carbonyl (C=O) groups is 1. The van der Waals surface area contributed by atoms with Crippen molar-refractivity contribution < 1.29 is 4.79 Å². The van der Waals surface area contributed by atoms with Crippen molar-refractivity contribution in [2.24, 2.45) is 0 Å². The Bertz CT molecular complexity index is 579. The number of carbonyl (C=O) groups excluding carboxylic acids is 1. The maximum absolute atomic E-state index is 11.7. The molecule has 0 bridgehead atoms. The van der Waals surface area contributed by atoms with Crippen LogP contribution in [-0.4, -0.2) is 22.4 Å². The Hall–Kier alpha value is -2.35. The van der Waals surface area contributed by atoms with Crippen LogP contribution in [0.5, 0.6) is 0 Å². The second-order valence-electron chi connectivity index (χ2n) is 3.36. The van der Waals surface area contributed by atoms with Gasteiger partial charge in [-0.2, -0.15) is 5.26 Å². The number of hydrogen-bond donors (Lipinski definition) is 2. The van der Waals surface area contributed by atoms with Crippen molar-refractivity contribution in [2.75, 3.05) is 6.54 Å². The maximum atomic E-state index is 11.7. The van der Waals surface area contributed by atoms with E-state index < -0.39 is 0 Å². The molecule has 0 saturated carbocycles. The van der Waals surface area contributed by atoms with Crippen molar-refractivity contribution in [2.45, 2.75) is 6.92 Å². The molecule has 0 saturated heterocycles. The number of fused-ring (bicyclic) bond motifs is 1. The summed E-state index contributed by atoms with van der Waals surface area (Å²) in [5, 5.41) is 10.9. The number of nitriles is 1. The van der Waals surface area contributed by atoms with Gasteiger partial charge in [0, 0.05) is 0 Å². The largest absolute Gasteiger partial charge is 0.342 e. The number of amides is 1. The highest BCUT2D eigenvalue weighted by Gasteiger charge is 2.11. The van der Waals surface area contributed by atoms with Crippen molar-refractivity contribution >= 4 is 16.9 Å². The first-order chi connectivity index (χ1) is 7.72. The van der Waals surface area contributed by atoms with Gasteiger partial charge in [-0.1, -0.05) is 6.07 Å². The number of aromatic nitrogens is 2. The molecule has 0 aliphatic heterocycles. The van der Waals surface area contributed by atoms with E-state index in [9.17, 15) is 4.79 Å². The van der Waals surface area contributed by atoms with Gasteiger partial charge in [-0.25, -0.2) is 4.98 Å². The number of H-pyrrole nitrogens is 1. The van der Waals surface area contributed by atoms with Crippen molar-refractivity contribution in [3.63, 3.8) is 0 Å². The Morgan fingerprint density at radius 2 is 2.44 bits per heavy atom. The molecule has 2 rings (SSSR count). The Morgan fingerprint density at radius 3 is 3.19 bits per heavy atom. The number of nitrogens with one attached hydrogen (secondary N) is 2. The van der Waals surface area contributed by atoms with Crippen molar-refractivity contribution in [3.05, 3.63) is 29.6 Å². The van der Waals surface area contributed by atoms with Gasteiger partial charge in [-0.15, -0.1) is 0 Å². The number of rotatable bonds is 2. The summed E-state index contributed by atoms with van der Waals surface area (Å²) in [5.41, 5.74) is 1.94. The zero-order valence-corrected chi connectivity index (χ0v) is 8.74. The highest BCUT2D eigenvalue weighted by molar-refractivity contribution is 6.04. The zero-order chi connectivity index (χ0) is 11.5. The van der Waals surface area contributed by atoms with Gasteiger partial charge in [-0.3, -0.25) is 4.79 Å². The minimum atomic E-state index is -0.279. The molecule has 0 aliphatic rings. The van der Waals surface area contributed by atoms with Gasteiger partial charge >= 0.3 is 0 Å². The quantitative estimate of drug-likeness (QED) is 0.735. The average molecular weight is 214 g/mol. The van der Waals surface area contributed by atoms with E-state index in [0.717, 1.165) is 11.3 Å². The zero-order valence-electron chi connectivity index (χ0n) is 8.74. The first kappa shape index (κ1) is 10.2. The summed E-state index contributed by atoms with van der Waals surface area (Å²) in [5.74, 6) is 0.481. The minimum Gasteiger partial charge on any atom is -0.342 e. The first-order valence-corrected chi connectivity index (χ1v) is 4.83. The van der Waals surface area contributed by atoms with Crippen molar-refractivity contribution in [3.8, 4) is 6.07 Å². The Labute approximate surface area is 92.1 Å². The number of nitrogens with zero attached hydrogens (tertiary/aromatic N) is 2. The van der Waals surface area contributed by atoms with E-state index >= 15 is 0 Å². The van der Waals surface area contributed by atoms with Gasteiger partial charge in [-0.05, 0) is 19.1 Å². The van der Waals surface area contributed by atoms with Crippen LogP contribution in [0.2, 0.25) is 0 Å². The molecule has 2 N–H and O–H groups in total. The summed E-state index contributed by atoms with van der Waals surface area (Å²) in [4.78, 5) is 19.0. The molecule has 1 aromatic heterocycles. The highest BCUT2D eigenvalue weighted by atomic mass is 16.1. The molecule has 0 spiro atoms. The fraction of sp³-hybridized carbons (Fsp3) is 0.182. The van der Waals surface area contributed by atoms with E-state index in [2.05, 4.69) is 15.3 Å². The summed E-state index contributed by atoms with van der Waals surface area (Å²) < 4.78 is 0. The average Bonchev–Trinajstić information content (AvgIpc) is 2.65. The lowest BCUT2D eigenvalue weighted by Crippen LogP contribution is -2.23. The molecule has 0 atom stereocenters. The lowest BCUT2D eigenvalue weighted by molar-refractivity contribution is 0.0960. The maximum Gasteiger partial charge on any atom is 0.254 e. The van der Waals surface area contributed by atoms with Gasteiger partial charge in [0.25, 0.3) is 5.91 Å². The van der Waals surface area contributed by atoms with E-state index in [-0.39, 0.29) is 12.5 Å². The van der Waals surface area contributed by atoms with Crippen LogP contribution in [0.15, 0.2) is 18.2 Å². The second-order valence-corrected chi connectivity index (χ2v) is 3.36. The number of para-hydroxylation sites is 1. The van der Waals surface area contributed by atoms with E-state index in [1.165, 1.54) is 0 Å². The van der Waals surface area contributed by atoms with Gasteiger partial charge < -0.3 is 10.3 Å². The molecule has 0 radical (unpaired) electrons. The Balaban J connectivity index is 2.44. The fourth-order valence-electron chi connectivity index (χ4n) is 1.55. The standard InChI is InChI=1S/C11H10N4O/c1-7-14-9-4-2-3-8(10(9)15-7)11(16)13-6-5-12/h2-4H,6H2,1H3,(H,13,16)(H,14,15). The molecule has 1 aromatic carbocycles. The van der Waals surface area contributed by atoms with Crippen LogP contribution in [0.25, 0.3) is 11.0 Å². The van der Waals surface area contributed by atoms with Gasteiger partial charge in [0.2, 0.25) is 0 Å². The third kappa shape index (κ3) is 1.73. The van der Waals surface area contributed by atoms with Crippen LogP contribution in [-0.2, 0) is 0 Å². The molecular weight excluding hydrogens is 204 g/mol. The third-order valence-electron chi connectivity index (χ3n) is 2.20. The highest BCUT2D eigenvalue weighted by Crippen LogP contribution is 2.15. The van der Waals surface area contributed by atoms with E-state index in [0.29, 0.717) is 11.1 Å². The summed E-state index contributed by atoms with van der Waals surface area (Å²) in [6.07, 6.45) is 0. The SMILES string of the molecule is Cc1nc2c(C(=O)NCC#N)cccc2[nH]1. The Morgan fingerprint density at radius 1 is 1.62 bits per heavy atom. The predicted octanol–water partition coefficient (Wildman–Crippen LogP) is 1.12. The molecule has 1 amide bonds. The number of imidazole rings is 1. The van der Waals surface area contributed by atoms with Gasteiger partial charge in [0.05, 0.1) is 17.1 Å². The van der Waals surface area contributed by atoms with Crippen LogP contribution in [0.3, 0.4) is 0 Å². The minimum absolute atomic E-state index is 0.00136. The number of aromatic amines is 1. The Kier molecular flexibility index (Phi) is 2.56. The van der Waals surface area contributed by atoms with Crippen LogP contribution in [0.4, 0.5) is 0 Å². The third-order valence-corrected chi connectivity index (χ3v) is 2.20. The van der Waals surface area contributed by atoms with Crippen LogP contribution in [0.1, 0.15) is 16.2 Å². The number of benzene rings is 1. The monoisotopic (exact) mass is 214 g/mol. The van der Waals surface area contributed by atoms with E-state index in [1.807, 2.05) is 19.1 Å². The fourth-order valence-corrected chi connectivity index (χ4v) is 1.55. The summed E-state index contributed by atoms with van der Waals surface area (Å²) in [7, 11) is 0. The van der Waals surface area contributed by atoms with Crippen LogP contribution < -0.4 is 5.32 Å². The predicted molar refractivity (Wildman–Crippen MR) is 58.8 cm³/mol.